The molecule has 0 spiro atoms. The maximum absolute atomic E-state index is 6.04. The van der Waals surface area contributed by atoms with E-state index in [4.69, 9.17) is 10.7 Å². The van der Waals surface area contributed by atoms with Gasteiger partial charge in [0.05, 0.1) is 35.2 Å². The van der Waals surface area contributed by atoms with Crippen LogP contribution in [0.25, 0.3) is 17.0 Å². The summed E-state index contributed by atoms with van der Waals surface area (Å²) in [6, 6.07) is 8.70. The van der Waals surface area contributed by atoms with Crippen LogP contribution in [0.1, 0.15) is 36.9 Å². The number of anilines is 3. The van der Waals surface area contributed by atoms with E-state index < -0.39 is 0 Å². The van der Waals surface area contributed by atoms with Crippen molar-refractivity contribution < 1.29 is 0 Å². The molecule has 4 heterocycles. The van der Waals surface area contributed by atoms with Crippen LogP contribution in [0.5, 0.6) is 0 Å². The van der Waals surface area contributed by atoms with Gasteiger partial charge in [-0.3, -0.25) is 9.38 Å². The van der Waals surface area contributed by atoms with E-state index in [0.29, 0.717) is 18.0 Å². The molecule has 4 aromatic heterocycles. The third-order valence-electron chi connectivity index (χ3n) is 6.03. The first kappa shape index (κ1) is 20.4. The average molecular weight is 429 g/mol. The summed E-state index contributed by atoms with van der Waals surface area (Å²) in [5, 5.41) is 6.91. The maximum Gasteiger partial charge on any atom is 0.223 e. The molecule has 8 nitrogen and oxygen atoms in total. The van der Waals surface area contributed by atoms with Crippen LogP contribution in [-0.4, -0.2) is 36.4 Å². The molecule has 0 amide bonds. The topological polar surface area (TPSA) is 106 Å². The zero-order valence-electron chi connectivity index (χ0n) is 18.4. The molecule has 4 N–H and O–H groups in total. The summed E-state index contributed by atoms with van der Waals surface area (Å²) in [5.41, 5.74) is 12.6. The van der Waals surface area contributed by atoms with E-state index in [1.54, 1.807) is 0 Å². The van der Waals surface area contributed by atoms with Crippen molar-refractivity contribution in [2.45, 2.75) is 51.6 Å². The first-order valence-electron chi connectivity index (χ1n) is 11.1. The van der Waals surface area contributed by atoms with Crippen LogP contribution < -0.4 is 16.4 Å². The number of fused-ring (bicyclic) bond motifs is 1. The van der Waals surface area contributed by atoms with Crippen LogP contribution in [0.2, 0.25) is 0 Å². The van der Waals surface area contributed by atoms with Crippen LogP contribution in [-0.2, 0) is 0 Å². The minimum Gasteiger partial charge on any atom is -0.353 e. The predicted octanol–water partition coefficient (Wildman–Crippen LogP) is 4.23. The molecule has 0 aromatic carbocycles. The van der Waals surface area contributed by atoms with Crippen molar-refractivity contribution in [1.82, 2.24) is 24.3 Å². The number of hydrogen-bond acceptors (Lipinski definition) is 7. The molecule has 32 heavy (non-hydrogen) atoms. The summed E-state index contributed by atoms with van der Waals surface area (Å²) >= 11 is 0. The van der Waals surface area contributed by atoms with E-state index in [0.717, 1.165) is 65.4 Å². The molecule has 0 saturated heterocycles. The molecule has 1 aliphatic rings. The Bertz CT molecular complexity index is 1220. The van der Waals surface area contributed by atoms with Gasteiger partial charge in [0.1, 0.15) is 5.65 Å². The number of aryl methyl sites for hydroxylation is 2. The Labute approximate surface area is 187 Å². The minimum atomic E-state index is 0.319. The van der Waals surface area contributed by atoms with Gasteiger partial charge in [0.2, 0.25) is 5.95 Å². The summed E-state index contributed by atoms with van der Waals surface area (Å²) < 4.78 is 2.06. The molecule has 8 heteroatoms. The Morgan fingerprint density at radius 1 is 0.906 bits per heavy atom. The molecular weight excluding hydrogens is 400 g/mol. The highest BCUT2D eigenvalue weighted by Crippen LogP contribution is 2.26. The summed E-state index contributed by atoms with van der Waals surface area (Å²) in [4.78, 5) is 18.3. The molecule has 0 unspecified atom stereocenters. The second-order valence-electron chi connectivity index (χ2n) is 8.58. The predicted molar refractivity (Wildman–Crippen MR) is 127 cm³/mol. The number of pyridine rings is 2. The smallest absolute Gasteiger partial charge is 0.223 e. The van der Waals surface area contributed by atoms with Gasteiger partial charge in [0, 0.05) is 30.2 Å². The van der Waals surface area contributed by atoms with Crippen molar-refractivity contribution in [2.75, 3.05) is 10.6 Å². The van der Waals surface area contributed by atoms with Gasteiger partial charge in [-0.25, -0.2) is 15.0 Å². The summed E-state index contributed by atoms with van der Waals surface area (Å²) in [5.74, 6) is 0.654. The first-order chi connectivity index (χ1) is 15.5. The van der Waals surface area contributed by atoms with Gasteiger partial charge in [-0.05, 0) is 69.4 Å². The Morgan fingerprint density at radius 3 is 2.50 bits per heavy atom. The van der Waals surface area contributed by atoms with Crippen LogP contribution in [0, 0.1) is 13.8 Å². The zero-order valence-corrected chi connectivity index (χ0v) is 18.4. The van der Waals surface area contributed by atoms with Crippen LogP contribution in [0.3, 0.4) is 0 Å². The second-order valence-corrected chi connectivity index (χ2v) is 8.58. The summed E-state index contributed by atoms with van der Waals surface area (Å²) in [7, 11) is 0. The number of nitrogens with zero attached hydrogens (tertiary/aromatic N) is 5. The van der Waals surface area contributed by atoms with Crippen LogP contribution in [0.15, 0.2) is 49.1 Å². The number of aromatic nitrogens is 5. The van der Waals surface area contributed by atoms with Gasteiger partial charge in [-0.2, -0.15) is 0 Å². The maximum atomic E-state index is 6.04. The second kappa shape index (κ2) is 8.55. The van der Waals surface area contributed by atoms with Gasteiger partial charge in [-0.1, -0.05) is 0 Å². The van der Waals surface area contributed by atoms with Crippen LogP contribution >= 0.6 is 0 Å². The minimum absolute atomic E-state index is 0.319. The lowest BCUT2D eigenvalue weighted by molar-refractivity contribution is 0.410. The van der Waals surface area contributed by atoms with E-state index in [1.807, 2.05) is 62.9 Å². The molecule has 5 rings (SSSR count). The monoisotopic (exact) mass is 428 g/mol. The van der Waals surface area contributed by atoms with E-state index in [9.17, 15) is 0 Å². The number of hydrogen-bond donors (Lipinski definition) is 3. The normalized spacial score (nSPS) is 18.6. The molecule has 0 radical (unpaired) electrons. The summed E-state index contributed by atoms with van der Waals surface area (Å²) in [6.07, 6.45) is 11.8. The van der Waals surface area contributed by atoms with Gasteiger partial charge in [-0.15, -0.1) is 0 Å². The van der Waals surface area contributed by atoms with Crippen molar-refractivity contribution in [2.24, 2.45) is 5.73 Å². The lowest BCUT2D eigenvalue weighted by Gasteiger charge is -2.26. The first-order valence-corrected chi connectivity index (χ1v) is 11.1. The fourth-order valence-corrected chi connectivity index (χ4v) is 4.16. The molecule has 164 valence electrons. The molecule has 0 bridgehead atoms. The van der Waals surface area contributed by atoms with Gasteiger partial charge < -0.3 is 16.4 Å². The Kier molecular flexibility index (Phi) is 5.45. The molecule has 0 aliphatic heterocycles. The van der Waals surface area contributed by atoms with Crippen LogP contribution in [0.4, 0.5) is 17.3 Å². The molecular formula is C24H28N8. The van der Waals surface area contributed by atoms with E-state index >= 15 is 0 Å². The van der Waals surface area contributed by atoms with Gasteiger partial charge >= 0.3 is 0 Å². The highest BCUT2D eigenvalue weighted by atomic mass is 15.1. The average Bonchev–Trinajstić information content (AvgIpc) is 3.21. The number of nitrogens with one attached hydrogen (secondary N) is 2. The number of rotatable bonds is 5. The molecule has 0 atom stereocenters. The Balaban J connectivity index is 1.44. The SMILES string of the molecule is Cc1ccc(Nc2ccc3ncc(-c4nc(NC5CCC(N)CC5)ncc4C)n3c2)cn1. The number of nitrogens with two attached hydrogens (primary N) is 1. The third-order valence-corrected chi connectivity index (χ3v) is 6.03. The van der Waals surface area contributed by atoms with E-state index in [1.165, 1.54) is 0 Å². The largest absolute Gasteiger partial charge is 0.353 e. The van der Waals surface area contributed by atoms with E-state index in [-0.39, 0.29) is 0 Å². The lowest BCUT2D eigenvalue weighted by Crippen LogP contribution is -2.33. The van der Waals surface area contributed by atoms with Crippen molar-refractivity contribution in [3.8, 4) is 11.4 Å². The Morgan fingerprint density at radius 2 is 1.72 bits per heavy atom. The highest BCUT2D eigenvalue weighted by Gasteiger charge is 2.20. The van der Waals surface area contributed by atoms with Crippen molar-refractivity contribution in [1.29, 1.82) is 0 Å². The lowest BCUT2D eigenvalue weighted by atomic mass is 9.92. The molecule has 1 fully saturated rings. The zero-order chi connectivity index (χ0) is 22.1. The third kappa shape index (κ3) is 4.27. The fraction of sp³-hybridized carbons (Fsp3) is 0.333. The summed E-state index contributed by atoms with van der Waals surface area (Å²) in [6.45, 7) is 4.00. The Hall–Kier alpha value is -3.52. The van der Waals surface area contributed by atoms with E-state index in [2.05, 4.69) is 30.0 Å². The molecule has 1 aliphatic carbocycles. The van der Waals surface area contributed by atoms with Crippen molar-refractivity contribution in [3.05, 3.63) is 60.3 Å². The molecule has 4 aromatic rings. The van der Waals surface area contributed by atoms with Gasteiger partial charge in [0.15, 0.2) is 0 Å². The van der Waals surface area contributed by atoms with Crippen molar-refractivity contribution in [3.63, 3.8) is 0 Å². The molecule has 1 saturated carbocycles. The standard InChI is InChI=1S/C24H28N8/c1-15-11-28-24(30-18-7-4-17(25)5-8-18)31-23(15)21-13-27-22-10-9-20(14-32(21)22)29-19-6-3-16(2)26-12-19/h3,6,9-14,17-18,29H,4-5,7-8,25H2,1-2H3,(H,28,30,31). The highest BCUT2D eigenvalue weighted by molar-refractivity contribution is 5.67. The fourth-order valence-electron chi connectivity index (χ4n) is 4.16. The van der Waals surface area contributed by atoms with Gasteiger partial charge in [0.25, 0.3) is 0 Å². The van der Waals surface area contributed by atoms with Crippen molar-refractivity contribution >= 4 is 23.0 Å². The number of imidazole rings is 1. The quantitative estimate of drug-likeness (QED) is 0.437.